The number of likely N-dealkylation sites (tertiary alicyclic amines) is 1. The van der Waals surface area contributed by atoms with E-state index >= 15 is 0 Å². The molecule has 4 atom stereocenters. The molecule has 19 heavy (non-hydrogen) atoms. The van der Waals surface area contributed by atoms with E-state index in [1.54, 1.807) is 0 Å². The lowest BCUT2D eigenvalue weighted by molar-refractivity contribution is 0.239. The maximum atomic E-state index is 6.30. The average molecular weight is 301 g/mol. The minimum Gasteiger partial charge on any atom is -0.327 e. The van der Waals surface area contributed by atoms with Gasteiger partial charge in [0.25, 0.3) is 0 Å². The fourth-order valence-corrected chi connectivity index (χ4v) is 3.96. The molecule has 0 spiro atoms. The van der Waals surface area contributed by atoms with E-state index in [9.17, 15) is 0 Å². The number of hydrogen-bond acceptors (Lipinski definition) is 2. The van der Waals surface area contributed by atoms with Crippen LogP contribution < -0.4 is 5.73 Å². The van der Waals surface area contributed by atoms with Gasteiger partial charge in [0.2, 0.25) is 0 Å². The molecule has 0 amide bonds. The van der Waals surface area contributed by atoms with Gasteiger partial charge in [-0.15, -0.1) is 12.4 Å². The SMILES string of the molecule is CC(c1ccccc1Cl)N1CC2CCC(N)C2C1.Cl. The highest BCUT2D eigenvalue weighted by atomic mass is 35.5. The molecular weight excluding hydrogens is 279 g/mol. The third-order valence-electron chi connectivity index (χ3n) is 4.84. The molecule has 2 aliphatic rings. The topological polar surface area (TPSA) is 29.3 Å². The molecule has 1 aliphatic heterocycles. The summed E-state index contributed by atoms with van der Waals surface area (Å²) in [5.74, 6) is 1.51. The maximum absolute atomic E-state index is 6.30. The van der Waals surface area contributed by atoms with Crippen molar-refractivity contribution >= 4 is 24.0 Å². The van der Waals surface area contributed by atoms with E-state index in [0.29, 0.717) is 18.0 Å². The maximum Gasteiger partial charge on any atom is 0.0453 e. The summed E-state index contributed by atoms with van der Waals surface area (Å²) < 4.78 is 0. The first kappa shape index (κ1) is 15.1. The Morgan fingerprint density at radius 3 is 2.68 bits per heavy atom. The van der Waals surface area contributed by atoms with E-state index in [1.165, 1.54) is 24.9 Å². The molecular formula is C15H22Cl2N2. The Bertz CT molecular complexity index is 438. The van der Waals surface area contributed by atoms with Gasteiger partial charge in [-0.3, -0.25) is 4.90 Å². The third-order valence-corrected chi connectivity index (χ3v) is 5.19. The van der Waals surface area contributed by atoms with Gasteiger partial charge in [0.05, 0.1) is 0 Å². The number of rotatable bonds is 2. The zero-order valence-corrected chi connectivity index (χ0v) is 12.8. The largest absolute Gasteiger partial charge is 0.327 e. The van der Waals surface area contributed by atoms with E-state index in [0.717, 1.165) is 17.5 Å². The molecule has 4 heteroatoms. The Kier molecular flexibility index (Phi) is 4.78. The fraction of sp³-hybridized carbons (Fsp3) is 0.600. The van der Waals surface area contributed by atoms with Gasteiger partial charge in [0.15, 0.2) is 0 Å². The molecule has 0 aromatic heterocycles. The number of nitrogens with zero attached hydrogens (tertiary/aromatic N) is 1. The van der Waals surface area contributed by atoms with Gasteiger partial charge >= 0.3 is 0 Å². The summed E-state index contributed by atoms with van der Waals surface area (Å²) in [5, 5.41) is 0.881. The van der Waals surface area contributed by atoms with Gasteiger partial charge in [-0.2, -0.15) is 0 Å². The second-order valence-corrected chi connectivity index (χ2v) is 6.22. The van der Waals surface area contributed by atoms with Crippen LogP contribution in [-0.4, -0.2) is 24.0 Å². The van der Waals surface area contributed by atoms with Crippen molar-refractivity contribution in [2.75, 3.05) is 13.1 Å². The predicted octanol–water partition coefficient (Wildman–Crippen LogP) is 3.49. The Hall–Kier alpha value is -0.280. The molecule has 1 saturated heterocycles. The highest BCUT2D eigenvalue weighted by molar-refractivity contribution is 6.31. The van der Waals surface area contributed by atoms with Crippen LogP contribution in [0, 0.1) is 11.8 Å². The first-order valence-electron chi connectivity index (χ1n) is 6.91. The Balaban J connectivity index is 0.00000133. The van der Waals surface area contributed by atoms with Gasteiger partial charge in [0.1, 0.15) is 0 Å². The summed E-state index contributed by atoms with van der Waals surface area (Å²) in [6.07, 6.45) is 2.52. The summed E-state index contributed by atoms with van der Waals surface area (Å²) in [6.45, 7) is 4.58. The van der Waals surface area contributed by atoms with Gasteiger partial charge in [-0.05, 0) is 43.2 Å². The number of halogens is 2. The van der Waals surface area contributed by atoms with Crippen molar-refractivity contribution in [2.45, 2.75) is 31.8 Å². The molecule has 106 valence electrons. The number of hydrogen-bond donors (Lipinski definition) is 1. The molecule has 2 N–H and O–H groups in total. The van der Waals surface area contributed by atoms with Crippen LogP contribution in [0.25, 0.3) is 0 Å². The summed E-state index contributed by atoms with van der Waals surface area (Å²) in [6, 6.07) is 9.00. The molecule has 2 fully saturated rings. The lowest BCUT2D eigenvalue weighted by atomic mass is 9.98. The molecule has 1 heterocycles. The van der Waals surface area contributed by atoms with Gasteiger partial charge in [-0.25, -0.2) is 0 Å². The van der Waals surface area contributed by atoms with E-state index in [-0.39, 0.29) is 12.4 Å². The Morgan fingerprint density at radius 2 is 2.00 bits per heavy atom. The lowest BCUT2D eigenvalue weighted by Crippen LogP contribution is -2.31. The quantitative estimate of drug-likeness (QED) is 0.906. The molecule has 0 radical (unpaired) electrons. The van der Waals surface area contributed by atoms with E-state index < -0.39 is 0 Å². The summed E-state index contributed by atoms with van der Waals surface area (Å²) >= 11 is 6.30. The first-order valence-corrected chi connectivity index (χ1v) is 7.28. The standard InChI is InChI=1S/C15H21ClN2.ClH/c1-10(12-4-2-3-5-14(12)16)18-8-11-6-7-15(17)13(11)9-18;/h2-5,10-11,13,15H,6-9,17H2,1H3;1H. The third kappa shape index (κ3) is 2.78. The van der Waals surface area contributed by atoms with Crippen molar-refractivity contribution in [3.8, 4) is 0 Å². The first-order chi connectivity index (χ1) is 8.66. The van der Waals surface area contributed by atoms with E-state index in [4.69, 9.17) is 17.3 Å². The van der Waals surface area contributed by atoms with Crippen LogP contribution >= 0.6 is 24.0 Å². The van der Waals surface area contributed by atoms with Crippen LogP contribution in [0.5, 0.6) is 0 Å². The average Bonchev–Trinajstić information content (AvgIpc) is 2.92. The second-order valence-electron chi connectivity index (χ2n) is 5.82. The fourth-order valence-electron chi connectivity index (χ4n) is 3.67. The smallest absolute Gasteiger partial charge is 0.0453 e. The van der Waals surface area contributed by atoms with Crippen molar-refractivity contribution in [3.05, 3.63) is 34.9 Å². The molecule has 4 unspecified atom stereocenters. The monoisotopic (exact) mass is 300 g/mol. The zero-order valence-electron chi connectivity index (χ0n) is 11.3. The zero-order chi connectivity index (χ0) is 12.7. The van der Waals surface area contributed by atoms with Crippen LogP contribution in [-0.2, 0) is 0 Å². The van der Waals surface area contributed by atoms with Crippen molar-refractivity contribution in [3.63, 3.8) is 0 Å². The number of nitrogens with two attached hydrogens (primary N) is 1. The van der Waals surface area contributed by atoms with Crippen molar-refractivity contribution in [1.29, 1.82) is 0 Å². The van der Waals surface area contributed by atoms with Crippen molar-refractivity contribution in [1.82, 2.24) is 4.90 Å². The molecule has 1 aromatic carbocycles. The van der Waals surface area contributed by atoms with Gasteiger partial charge < -0.3 is 5.73 Å². The number of benzene rings is 1. The van der Waals surface area contributed by atoms with Crippen LogP contribution in [0.15, 0.2) is 24.3 Å². The molecule has 1 aliphatic carbocycles. The normalized spacial score (nSPS) is 31.8. The molecule has 2 nitrogen and oxygen atoms in total. The number of fused-ring (bicyclic) bond motifs is 1. The lowest BCUT2D eigenvalue weighted by Gasteiger charge is -2.26. The van der Waals surface area contributed by atoms with Crippen LogP contribution in [0.4, 0.5) is 0 Å². The minimum absolute atomic E-state index is 0. The predicted molar refractivity (Wildman–Crippen MR) is 82.9 cm³/mol. The molecule has 1 aromatic rings. The Labute approximate surface area is 126 Å². The molecule has 0 bridgehead atoms. The van der Waals surface area contributed by atoms with E-state index in [2.05, 4.69) is 24.0 Å². The summed E-state index contributed by atoms with van der Waals surface area (Å²) in [4.78, 5) is 2.55. The molecule has 3 rings (SSSR count). The van der Waals surface area contributed by atoms with Crippen LogP contribution in [0.2, 0.25) is 5.02 Å². The van der Waals surface area contributed by atoms with Crippen molar-refractivity contribution in [2.24, 2.45) is 17.6 Å². The minimum atomic E-state index is 0. The highest BCUT2D eigenvalue weighted by Crippen LogP contribution is 2.41. The highest BCUT2D eigenvalue weighted by Gasteiger charge is 2.42. The second kappa shape index (κ2) is 6.01. The van der Waals surface area contributed by atoms with Gasteiger partial charge in [-0.1, -0.05) is 29.8 Å². The summed E-state index contributed by atoms with van der Waals surface area (Å²) in [5.41, 5.74) is 7.44. The van der Waals surface area contributed by atoms with Gasteiger partial charge in [0, 0.05) is 30.2 Å². The van der Waals surface area contributed by atoms with Crippen LogP contribution in [0.1, 0.15) is 31.4 Å². The van der Waals surface area contributed by atoms with Crippen LogP contribution in [0.3, 0.4) is 0 Å². The Morgan fingerprint density at radius 1 is 1.26 bits per heavy atom. The molecule has 1 saturated carbocycles. The van der Waals surface area contributed by atoms with Crippen molar-refractivity contribution < 1.29 is 0 Å². The summed E-state index contributed by atoms with van der Waals surface area (Å²) in [7, 11) is 0. The van der Waals surface area contributed by atoms with E-state index in [1.807, 2.05) is 12.1 Å².